The molecule has 140 valence electrons. The first kappa shape index (κ1) is 20.1. The molecule has 0 radical (unpaired) electrons. The number of ether oxygens (including phenoxy) is 1. The van der Waals surface area contributed by atoms with Gasteiger partial charge in [-0.25, -0.2) is 8.42 Å². The molecular formula is C18H21ClN2O4S. The average molecular weight is 397 g/mol. The number of hydrogen-bond donors (Lipinski definition) is 1. The fourth-order valence-corrected chi connectivity index (χ4v) is 3.95. The molecular weight excluding hydrogens is 376 g/mol. The van der Waals surface area contributed by atoms with Gasteiger partial charge in [0.05, 0.1) is 24.7 Å². The van der Waals surface area contributed by atoms with Gasteiger partial charge in [0.2, 0.25) is 15.9 Å². The summed E-state index contributed by atoms with van der Waals surface area (Å²) in [5, 5.41) is 3.23. The van der Waals surface area contributed by atoms with Gasteiger partial charge in [0, 0.05) is 5.02 Å². The van der Waals surface area contributed by atoms with Gasteiger partial charge in [0.15, 0.2) is 0 Å². The zero-order valence-corrected chi connectivity index (χ0v) is 16.3. The third-order valence-electron chi connectivity index (χ3n) is 3.78. The van der Waals surface area contributed by atoms with Crippen molar-refractivity contribution >= 4 is 38.9 Å². The number of nitrogens with one attached hydrogen (secondary N) is 1. The van der Waals surface area contributed by atoms with Crippen LogP contribution in [0.4, 0.5) is 11.4 Å². The van der Waals surface area contributed by atoms with Gasteiger partial charge in [-0.3, -0.25) is 9.10 Å². The Bertz CT molecular complexity index is 869. The Labute approximate surface area is 158 Å². The summed E-state index contributed by atoms with van der Waals surface area (Å²) in [5.74, 6) is 0.0467. The maximum Gasteiger partial charge on any atom is 0.248 e. The van der Waals surface area contributed by atoms with E-state index in [9.17, 15) is 13.2 Å². The Morgan fingerprint density at radius 1 is 1.19 bits per heavy atom. The van der Waals surface area contributed by atoms with Crippen LogP contribution in [-0.2, 0) is 14.8 Å². The standard InChI is InChI=1S/C18H21ClN2O4S/c1-4-16(18(22)20-15-7-5-6-8-17(15)25-2)21(26(3,23)24)14-11-9-13(19)10-12-14/h5-12,16H,4H2,1-3H3,(H,20,22). The highest BCUT2D eigenvalue weighted by molar-refractivity contribution is 7.92. The molecule has 1 N–H and O–H groups in total. The van der Waals surface area contributed by atoms with E-state index in [4.69, 9.17) is 16.3 Å². The lowest BCUT2D eigenvalue weighted by atomic mass is 10.1. The monoisotopic (exact) mass is 396 g/mol. The van der Waals surface area contributed by atoms with Crippen LogP contribution in [0.2, 0.25) is 5.02 Å². The van der Waals surface area contributed by atoms with Crippen LogP contribution in [-0.4, -0.2) is 33.7 Å². The van der Waals surface area contributed by atoms with E-state index in [-0.39, 0.29) is 6.42 Å². The first-order valence-corrected chi connectivity index (χ1v) is 10.2. The number of para-hydroxylation sites is 2. The number of carbonyl (C=O) groups is 1. The lowest BCUT2D eigenvalue weighted by Gasteiger charge is -2.30. The van der Waals surface area contributed by atoms with Crippen molar-refractivity contribution in [3.8, 4) is 5.75 Å². The molecule has 8 heteroatoms. The molecule has 2 rings (SSSR count). The average Bonchev–Trinajstić information content (AvgIpc) is 2.60. The van der Waals surface area contributed by atoms with E-state index in [0.717, 1.165) is 10.6 Å². The van der Waals surface area contributed by atoms with Crippen molar-refractivity contribution in [3.05, 3.63) is 53.6 Å². The minimum absolute atomic E-state index is 0.288. The predicted molar refractivity (Wildman–Crippen MR) is 104 cm³/mol. The third kappa shape index (κ3) is 4.68. The molecule has 0 saturated carbocycles. The number of methoxy groups -OCH3 is 1. The van der Waals surface area contributed by atoms with E-state index < -0.39 is 22.0 Å². The summed E-state index contributed by atoms with van der Waals surface area (Å²) in [6.07, 6.45) is 1.36. The Hall–Kier alpha value is -2.25. The summed E-state index contributed by atoms with van der Waals surface area (Å²) in [6.45, 7) is 1.75. The molecule has 0 aliphatic carbocycles. The maximum absolute atomic E-state index is 12.8. The molecule has 1 amide bonds. The van der Waals surface area contributed by atoms with Gasteiger partial charge in [0.25, 0.3) is 0 Å². The molecule has 2 aromatic rings. The Morgan fingerprint density at radius 3 is 2.35 bits per heavy atom. The Balaban J connectivity index is 2.38. The minimum atomic E-state index is -3.70. The van der Waals surface area contributed by atoms with Crippen LogP contribution >= 0.6 is 11.6 Å². The van der Waals surface area contributed by atoms with E-state index in [0.29, 0.717) is 22.1 Å². The van der Waals surface area contributed by atoms with Crippen LogP contribution in [0.5, 0.6) is 5.75 Å². The van der Waals surface area contributed by atoms with Crippen molar-refractivity contribution in [1.82, 2.24) is 0 Å². The van der Waals surface area contributed by atoms with Gasteiger partial charge >= 0.3 is 0 Å². The summed E-state index contributed by atoms with van der Waals surface area (Å²) in [4.78, 5) is 12.8. The second-order valence-electron chi connectivity index (χ2n) is 5.65. The second kappa shape index (κ2) is 8.42. The van der Waals surface area contributed by atoms with E-state index in [1.165, 1.54) is 7.11 Å². The van der Waals surface area contributed by atoms with E-state index in [1.54, 1.807) is 55.5 Å². The normalized spacial score (nSPS) is 12.3. The van der Waals surface area contributed by atoms with Crippen molar-refractivity contribution in [1.29, 1.82) is 0 Å². The topological polar surface area (TPSA) is 75.7 Å². The smallest absolute Gasteiger partial charge is 0.248 e. The van der Waals surface area contributed by atoms with Crippen LogP contribution in [0.3, 0.4) is 0 Å². The fourth-order valence-electron chi connectivity index (χ4n) is 2.61. The number of carbonyl (C=O) groups excluding carboxylic acids is 1. The van der Waals surface area contributed by atoms with Crippen LogP contribution in [0.15, 0.2) is 48.5 Å². The summed E-state index contributed by atoms with van der Waals surface area (Å²) in [7, 11) is -2.20. The number of amides is 1. The van der Waals surface area contributed by atoms with Crippen molar-refractivity contribution in [2.75, 3.05) is 23.0 Å². The molecule has 26 heavy (non-hydrogen) atoms. The summed E-state index contributed by atoms with van der Waals surface area (Å²) in [6, 6.07) is 12.3. The van der Waals surface area contributed by atoms with Crippen molar-refractivity contribution < 1.29 is 17.9 Å². The zero-order chi connectivity index (χ0) is 19.3. The molecule has 1 unspecified atom stereocenters. The van der Waals surface area contributed by atoms with Gasteiger partial charge in [0.1, 0.15) is 11.8 Å². The quantitative estimate of drug-likeness (QED) is 0.776. The van der Waals surface area contributed by atoms with Gasteiger partial charge in [-0.2, -0.15) is 0 Å². The largest absolute Gasteiger partial charge is 0.495 e. The second-order valence-corrected chi connectivity index (χ2v) is 7.94. The van der Waals surface area contributed by atoms with Gasteiger partial charge in [-0.1, -0.05) is 30.7 Å². The first-order valence-electron chi connectivity index (χ1n) is 7.96. The molecule has 0 aliphatic heterocycles. The molecule has 1 atom stereocenters. The summed E-state index contributed by atoms with van der Waals surface area (Å²) < 4.78 is 31.1. The number of benzene rings is 2. The van der Waals surface area contributed by atoms with E-state index in [2.05, 4.69) is 5.32 Å². The maximum atomic E-state index is 12.8. The predicted octanol–water partition coefficient (Wildman–Crippen LogP) is 3.53. The minimum Gasteiger partial charge on any atom is -0.495 e. The number of anilines is 2. The lowest BCUT2D eigenvalue weighted by molar-refractivity contribution is -0.117. The van der Waals surface area contributed by atoms with E-state index in [1.807, 2.05) is 0 Å². The molecule has 6 nitrogen and oxygen atoms in total. The molecule has 0 saturated heterocycles. The van der Waals surface area contributed by atoms with Crippen molar-refractivity contribution in [2.45, 2.75) is 19.4 Å². The summed E-state index contributed by atoms with van der Waals surface area (Å²) in [5.41, 5.74) is 0.849. The third-order valence-corrected chi connectivity index (χ3v) is 5.21. The Kier molecular flexibility index (Phi) is 6.50. The zero-order valence-electron chi connectivity index (χ0n) is 14.8. The van der Waals surface area contributed by atoms with E-state index >= 15 is 0 Å². The fraction of sp³-hybridized carbons (Fsp3) is 0.278. The van der Waals surface area contributed by atoms with Crippen LogP contribution in [0.25, 0.3) is 0 Å². The Morgan fingerprint density at radius 2 is 1.81 bits per heavy atom. The van der Waals surface area contributed by atoms with Crippen LogP contribution in [0, 0.1) is 0 Å². The van der Waals surface area contributed by atoms with Gasteiger partial charge < -0.3 is 10.1 Å². The number of rotatable bonds is 7. The highest BCUT2D eigenvalue weighted by Crippen LogP contribution is 2.27. The molecule has 0 fully saturated rings. The van der Waals surface area contributed by atoms with Crippen LogP contribution in [0.1, 0.15) is 13.3 Å². The molecule has 0 heterocycles. The molecule has 0 spiro atoms. The number of nitrogens with zero attached hydrogens (tertiary/aromatic N) is 1. The SMILES string of the molecule is CCC(C(=O)Nc1ccccc1OC)N(c1ccc(Cl)cc1)S(C)(=O)=O. The molecule has 0 bridgehead atoms. The highest BCUT2D eigenvalue weighted by Gasteiger charge is 2.31. The molecule has 0 aliphatic rings. The van der Waals surface area contributed by atoms with Crippen molar-refractivity contribution in [3.63, 3.8) is 0 Å². The summed E-state index contributed by atoms with van der Waals surface area (Å²) >= 11 is 5.89. The van der Waals surface area contributed by atoms with Crippen molar-refractivity contribution in [2.24, 2.45) is 0 Å². The highest BCUT2D eigenvalue weighted by atomic mass is 35.5. The number of halogens is 1. The molecule has 2 aromatic carbocycles. The number of sulfonamides is 1. The number of hydrogen-bond acceptors (Lipinski definition) is 4. The molecule has 0 aromatic heterocycles. The van der Waals surface area contributed by atoms with Crippen LogP contribution < -0.4 is 14.4 Å². The van der Waals surface area contributed by atoms with Gasteiger partial charge in [-0.05, 0) is 42.8 Å². The first-order chi connectivity index (χ1) is 12.3. The lowest BCUT2D eigenvalue weighted by Crippen LogP contribution is -2.47. The van der Waals surface area contributed by atoms with Gasteiger partial charge in [-0.15, -0.1) is 0 Å².